The maximum atomic E-state index is 12.7. The van der Waals surface area contributed by atoms with E-state index in [1.165, 1.54) is 12.3 Å². The number of carbonyl (C=O) groups excluding carboxylic acids is 2. The van der Waals surface area contributed by atoms with E-state index in [4.69, 9.17) is 11.6 Å². The highest BCUT2D eigenvalue weighted by Crippen LogP contribution is 2.21. The lowest BCUT2D eigenvalue weighted by molar-refractivity contribution is 0.0791. The van der Waals surface area contributed by atoms with Crippen LogP contribution in [0.5, 0.6) is 0 Å². The van der Waals surface area contributed by atoms with Gasteiger partial charge in [-0.2, -0.15) is 0 Å². The van der Waals surface area contributed by atoms with Crippen LogP contribution in [0.1, 0.15) is 26.4 Å². The number of carbonyl (C=O) groups is 2. The molecule has 0 spiro atoms. The van der Waals surface area contributed by atoms with E-state index in [1.807, 2.05) is 12.1 Å². The van der Waals surface area contributed by atoms with Crippen molar-refractivity contribution in [1.82, 2.24) is 14.9 Å². The average molecular weight is 395 g/mol. The fourth-order valence-corrected chi connectivity index (χ4v) is 2.77. The van der Waals surface area contributed by atoms with E-state index in [0.29, 0.717) is 29.2 Å². The molecule has 0 aliphatic carbocycles. The third-order valence-electron chi connectivity index (χ3n) is 4.20. The van der Waals surface area contributed by atoms with Gasteiger partial charge in [-0.25, -0.2) is 0 Å². The fraction of sp³-hybridized carbons (Fsp3) is 0.143. The molecule has 2 aromatic heterocycles. The number of nitrogens with one attached hydrogen (secondary N) is 1. The first-order chi connectivity index (χ1) is 13.5. The predicted molar refractivity (Wildman–Crippen MR) is 109 cm³/mol. The molecule has 6 nitrogen and oxygen atoms in total. The van der Waals surface area contributed by atoms with E-state index in [-0.39, 0.29) is 17.5 Å². The zero-order valence-corrected chi connectivity index (χ0v) is 16.1. The van der Waals surface area contributed by atoms with Crippen LogP contribution in [0.2, 0.25) is 5.02 Å². The third-order valence-corrected chi connectivity index (χ3v) is 4.52. The van der Waals surface area contributed by atoms with Crippen LogP contribution < -0.4 is 5.32 Å². The van der Waals surface area contributed by atoms with Crippen LogP contribution in [0.15, 0.2) is 67.1 Å². The molecule has 3 aromatic rings. The first-order valence-corrected chi connectivity index (χ1v) is 9.08. The van der Waals surface area contributed by atoms with Crippen LogP contribution in [-0.2, 0) is 6.42 Å². The molecule has 0 saturated heterocycles. The van der Waals surface area contributed by atoms with E-state index in [0.717, 1.165) is 5.56 Å². The van der Waals surface area contributed by atoms with Crippen LogP contribution in [0.25, 0.3) is 0 Å². The summed E-state index contributed by atoms with van der Waals surface area (Å²) in [7, 11) is 1.71. The van der Waals surface area contributed by atoms with Gasteiger partial charge < -0.3 is 10.2 Å². The zero-order valence-electron chi connectivity index (χ0n) is 15.3. The molecule has 1 aromatic carbocycles. The number of halogens is 1. The van der Waals surface area contributed by atoms with E-state index in [9.17, 15) is 9.59 Å². The smallest absolute Gasteiger partial charge is 0.272 e. The van der Waals surface area contributed by atoms with Crippen molar-refractivity contribution in [3.05, 3.63) is 89.0 Å². The number of amides is 2. The van der Waals surface area contributed by atoms with Gasteiger partial charge in [0.15, 0.2) is 0 Å². The van der Waals surface area contributed by atoms with Crippen LogP contribution in [0.4, 0.5) is 5.69 Å². The van der Waals surface area contributed by atoms with Crippen LogP contribution in [-0.4, -0.2) is 40.3 Å². The summed E-state index contributed by atoms with van der Waals surface area (Å²) in [6.07, 6.45) is 5.60. The van der Waals surface area contributed by atoms with Gasteiger partial charge in [0.05, 0.1) is 10.7 Å². The molecule has 2 heterocycles. The normalized spacial score (nSPS) is 10.4. The lowest BCUT2D eigenvalue weighted by atomic mass is 10.1. The molecule has 0 radical (unpaired) electrons. The van der Waals surface area contributed by atoms with Crippen molar-refractivity contribution in [1.29, 1.82) is 0 Å². The highest BCUT2D eigenvalue weighted by Gasteiger charge is 2.16. The second-order valence-electron chi connectivity index (χ2n) is 6.20. The lowest BCUT2D eigenvalue weighted by Gasteiger charge is -2.17. The molecule has 0 saturated carbocycles. The third kappa shape index (κ3) is 4.92. The van der Waals surface area contributed by atoms with Crippen molar-refractivity contribution < 1.29 is 9.59 Å². The summed E-state index contributed by atoms with van der Waals surface area (Å²) in [5, 5.41) is 3.18. The number of rotatable bonds is 6. The monoisotopic (exact) mass is 394 g/mol. The highest BCUT2D eigenvalue weighted by molar-refractivity contribution is 6.33. The molecule has 0 bridgehead atoms. The Kier molecular flexibility index (Phi) is 6.34. The van der Waals surface area contributed by atoms with Crippen LogP contribution in [0, 0.1) is 0 Å². The van der Waals surface area contributed by atoms with Crippen LogP contribution >= 0.6 is 11.6 Å². The number of pyridine rings is 2. The van der Waals surface area contributed by atoms with E-state index in [1.54, 1.807) is 54.7 Å². The van der Waals surface area contributed by atoms with Gasteiger partial charge in [0.2, 0.25) is 0 Å². The highest BCUT2D eigenvalue weighted by atomic mass is 35.5. The molecule has 28 heavy (non-hydrogen) atoms. The summed E-state index contributed by atoms with van der Waals surface area (Å²) in [6.45, 7) is 0.528. The molecule has 0 aliphatic heterocycles. The maximum absolute atomic E-state index is 12.7. The number of nitrogens with zero attached hydrogens (tertiary/aromatic N) is 3. The minimum Gasteiger partial charge on any atom is -0.340 e. The maximum Gasteiger partial charge on any atom is 0.272 e. The number of likely N-dealkylation sites (N-methyl/N-ethyl adjacent to an activating group) is 1. The Morgan fingerprint density at radius 1 is 1.07 bits per heavy atom. The minimum absolute atomic E-state index is 0.212. The number of benzene rings is 1. The Balaban J connectivity index is 1.67. The molecule has 0 fully saturated rings. The summed E-state index contributed by atoms with van der Waals surface area (Å²) >= 11 is 6.07. The first kappa shape index (κ1) is 19.5. The number of hydrogen-bond acceptors (Lipinski definition) is 4. The van der Waals surface area contributed by atoms with Crippen molar-refractivity contribution in [2.75, 3.05) is 18.9 Å². The topological polar surface area (TPSA) is 75.2 Å². The second kappa shape index (κ2) is 9.10. The predicted octanol–water partition coefficient (Wildman–Crippen LogP) is 3.70. The summed E-state index contributed by atoms with van der Waals surface area (Å²) in [6, 6.07) is 13.8. The SMILES string of the molecule is CN(CCc1ccncc1)C(=O)c1cc(C(=O)Nc2ccccc2Cl)ccn1. The Bertz CT molecular complexity index is 979. The quantitative estimate of drug-likeness (QED) is 0.691. The Hall–Kier alpha value is -3.25. The van der Waals surface area contributed by atoms with Gasteiger partial charge in [0, 0.05) is 37.7 Å². The van der Waals surface area contributed by atoms with E-state index >= 15 is 0 Å². The molecule has 7 heteroatoms. The van der Waals surface area contributed by atoms with Crippen molar-refractivity contribution in [3.63, 3.8) is 0 Å². The Morgan fingerprint density at radius 3 is 2.57 bits per heavy atom. The van der Waals surface area contributed by atoms with Gasteiger partial charge in [-0.3, -0.25) is 19.6 Å². The van der Waals surface area contributed by atoms with Gasteiger partial charge in [0.25, 0.3) is 11.8 Å². The minimum atomic E-state index is -0.357. The standard InChI is InChI=1S/C21H19ClN4O2/c1-26(13-9-15-6-10-23-11-7-15)21(28)19-14-16(8-12-24-19)20(27)25-18-5-3-2-4-17(18)22/h2-8,10-12,14H,9,13H2,1H3,(H,25,27). The first-order valence-electron chi connectivity index (χ1n) is 8.71. The van der Waals surface area contributed by atoms with E-state index < -0.39 is 0 Å². The van der Waals surface area contributed by atoms with Crippen LogP contribution in [0.3, 0.4) is 0 Å². The molecule has 0 unspecified atom stereocenters. The number of para-hydroxylation sites is 1. The number of hydrogen-bond donors (Lipinski definition) is 1. The van der Waals surface area contributed by atoms with Crippen molar-refractivity contribution in [2.24, 2.45) is 0 Å². The van der Waals surface area contributed by atoms with Crippen molar-refractivity contribution in [3.8, 4) is 0 Å². The molecule has 3 rings (SSSR count). The summed E-state index contributed by atoms with van der Waals surface area (Å²) in [4.78, 5) is 34.8. The summed E-state index contributed by atoms with van der Waals surface area (Å²) < 4.78 is 0. The molecule has 1 N–H and O–H groups in total. The summed E-state index contributed by atoms with van der Waals surface area (Å²) in [5.74, 6) is -0.606. The largest absolute Gasteiger partial charge is 0.340 e. The second-order valence-corrected chi connectivity index (χ2v) is 6.60. The molecular weight excluding hydrogens is 376 g/mol. The molecule has 0 aliphatic rings. The molecule has 0 atom stereocenters. The van der Waals surface area contributed by atoms with Gasteiger partial charge in [-0.1, -0.05) is 23.7 Å². The lowest BCUT2D eigenvalue weighted by Crippen LogP contribution is -2.29. The van der Waals surface area contributed by atoms with Gasteiger partial charge in [-0.05, 0) is 48.4 Å². The average Bonchev–Trinajstić information content (AvgIpc) is 2.74. The van der Waals surface area contributed by atoms with Crippen molar-refractivity contribution in [2.45, 2.75) is 6.42 Å². The Morgan fingerprint density at radius 2 is 1.82 bits per heavy atom. The van der Waals surface area contributed by atoms with Gasteiger partial charge in [0.1, 0.15) is 5.69 Å². The number of anilines is 1. The van der Waals surface area contributed by atoms with Crippen molar-refractivity contribution >= 4 is 29.1 Å². The van der Waals surface area contributed by atoms with Gasteiger partial charge >= 0.3 is 0 Å². The number of aromatic nitrogens is 2. The molecule has 2 amide bonds. The molecule has 142 valence electrons. The van der Waals surface area contributed by atoms with E-state index in [2.05, 4.69) is 15.3 Å². The molecular formula is C21H19ClN4O2. The summed E-state index contributed by atoms with van der Waals surface area (Å²) in [5.41, 5.74) is 2.15. The zero-order chi connectivity index (χ0) is 19.9. The Labute approximate surface area is 168 Å². The fourth-order valence-electron chi connectivity index (χ4n) is 2.59. The van der Waals surface area contributed by atoms with Gasteiger partial charge in [-0.15, -0.1) is 0 Å².